The Hall–Kier alpha value is -0.210. The summed E-state index contributed by atoms with van der Waals surface area (Å²) in [5.41, 5.74) is -0.493. The van der Waals surface area contributed by atoms with E-state index in [1.807, 2.05) is 0 Å². The normalized spacial score (nSPS) is 23.9. The number of hydrogen-bond acceptors (Lipinski definition) is 5. The molecule has 1 heterocycles. The molecule has 1 atom stereocenters. The van der Waals surface area contributed by atoms with Gasteiger partial charge in [-0.15, -0.1) is 0 Å². The molecule has 1 unspecified atom stereocenters. The summed E-state index contributed by atoms with van der Waals surface area (Å²) >= 11 is 0. The lowest BCUT2D eigenvalue weighted by atomic mass is 10.0. The van der Waals surface area contributed by atoms with E-state index in [-0.39, 0.29) is 12.3 Å². The van der Waals surface area contributed by atoms with Crippen molar-refractivity contribution in [3.05, 3.63) is 0 Å². The van der Waals surface area contributed by atoms with Crippen molar-refractivity contribution in [1.82, 2.24) is 10.0 Å². The van der Waals surface area contributed by atoms with Gasteiger partial charge in [0.05, 0.1) is 12.4 Å². The summed E-state index contributed by atoms with van der Waals surface area (Å²) < 4.78 is 37.0. The zero-order valence-electron chi connectivity index (χ0n) is 11.9. The molecule has 7 heteroatoms. The maximum atomic E-state index is 11.8. The van der Waals surface area contributed by atoms with Crippen molar-refractivity contribution < 1.29 is 17.9 Å². The van der Waals surface area contributed by atoms with Gasteiger partial charge in [-0.3, -0.25) is 0 Å². The SMILES string of the molecule is CCCNCCCS(=O)(=O)NCC1(OC)CCOC1. The van der Waals surface area contributed by atoms with Gasteiger partial charge in [0.15, 0.2) is 0 Å². The molecule has 1 rings (SSSR count). The number of hydrogen-bond donors (Lipinski definition) is 2. The van der Waals surface area contributed by atoms with Gasteiger partial charge in [-0.25, -0.2) is 13.1 Å². The molecule has 114 valence electrons. The zero-order valence-corrected chi connectivity index (χ0v) is 12.7. The maximum absolute atomic E-state index is 11.8. The summed E-state index contributed by atoms with van der Waals surface area (Å²) in [6, 6.07) is 0. The molecule has 0 aliphatic carbocycles. The Balaban J connectivity index is 2.26. The topological polar surface area (TPSA) is 76.7 Å². The summed E-state index contributed by atoms with van der Waals surface area (Å²) in [7, 11) is -1.64. The summed E-state index contributed by atoms with van der Waals surface area (Å²) in [5, 5.41) is 3.19. The van der Waals surface area contributed by atoms with Crippen LogP contribution in [0.4, 0.5) is 0 Å². The summed E-state index contributed by atoms with van der Waals surface area (Å²) in [5.74, 6) is 0.143. The van der Waals surface area contributed by atoms with Crippen molar-refractivity contribution in [2.24, 2.45) is 0 Å². The molecule has 1 aliphatic heterocycles. The lowest BCUT2D eigenvalue weighted by Crippen LogP contribution is -2.45. The van der Waals surface area contributed by atoms with Crippen molar-refractivity contribution >= 4 is 10.0 Å². The summed E-state index contributed by atoms with van der Waals surface area (Å²) in [4.78, 5) is 0. The van der Waals surface area contributed by atoms with Crippen LogP contribution in [-0.4, -0.2) is 59.7 Å². The molecule has 0 bridgehead atoms. The van der Waals surface area contributed by atoms with Gasteiger partial charge in [0.1, 0.15) is 5.60 Å². The first kappa shape index (κ1) is 16.8. The number of rotatable bonds is 10. The van der Waals surface area contributed by atoms with E-state index in [1.165, 1.54) is 0 Å². The highest BCUT2D eigenvalue weighted by molar-refractivity contribution is 7.89. The minimum absolute atomic E-state index is 0.143. The molecule has 0 amide bonds. The molecule has 1 fully saturated rings. The van der Waals surface area contributed by atoms with Gasteiger partial charge in [0, 0.05) is 26.7 Å². The molecule has 2 N–H and O–H groups in total. The van der Waals surface area contributed by atoms with E-state index in [1.54, 1.807) is 7.11 Å². The molecule has 0 saturated carbocycles. The molecule has 1 aliphatic rings. The van der Waals surface area contributed by atoms with E-state index in [0.29, 0.717) is 19.6 Å². The van der Waals surface area contributed by atoms with Crippen LogP contribution in [0.5, 0.6) is 0 Å². The van der Waals surface area contributed by atoms with Crippen molar-refractivity contribution in [3.63, 3.8) is 0 Å². The lowest BCUT2D eigenvalue weighted by Gasteiger charge is -2.25. The second-order valence-corrected chi connectivity index (χ2v) is 6.86. The fourth-order valence-corrected chi connectivity index (χ4v) is 3.12. The summed E-state index contributed by atoms with van der Waals surface area (Å²) in [6.45, 7) is 5.10. The Bertz CT molecular complexity index is 340. The highest BCUT2D eigenvalue weighted by atomic mass is 32.2. The third-order valence-corrected chi connectivity index (χ3v) is 4.72. The van der Waals surface area contributed by atoms with E-state index < -0.39 is 15.6 Å². The first-order chi connectivity index (χ1) is 9.04. The number of nitrogens with one attached hydrogen (secondary N) is 2. The lowest BCUT2D eigenvalue weighted by molar-refractivity contribution is -0.0120. The smallest absolute Gasteiger partial charge is 0.211 e. The van der Waals surface area contributed by atoms with Crippen LogP contribution in [0.15, 0.2) is 0 Å². The Morgan fingerprint density at radius 1 is 1.37 bits per heavy atom. The van der Waals surface area contributed by atoms with Crippen molar-refractivity contribution in [2.45, 2.75) is 31.8 Å². The Morgan fingerprint density at radius 2 is 2.16 bits per heavy atom. The van der Waals surface area contributed by atoms with Crippen LogP contribution in [0.2, 0.25) is 0 Å². The number of ether oxygens (including phenoxy) is 2. The molecule has 1 saturated heterocycles. The van der Waals surface area contributed by atoms with Crippen LogP contribution in [0.1, 0.15) is 26.2 Å². The number of sulfonamides is 1. The molecule has 0 aromatic rings. The second-order valence-electron chi connectivity index (χ2n) is 4.93. The highest BCUT2D eigenvalue weighted by Crippen LogP contribution is 2.21. The maximum Gasteiger partial charge on any atom is 0.211 e. The molecular formula is C12H26N2O4S. The molecule has 0 aromatic heterocycles. The Kier molecular flexibility index (Phi) is 7.23. The van der Waals surface area contributed by atoms with Gasteiger partial charge in [-0.1, -0.05) is 6.92 Å². The minimum Gasteiger partial charge on any atom is -0.378 e. The molecule has 19 heavy (non-hydrogen) atoms. The van der Waals surface area contributed by atoms with Gasteiger partial charge in [-0.2, -0.15) is 0 Å². The first-order valence-electron chi connectivity index (χ1n) is 6.84. The highest BCUT2D eigenvalue weighted by Gasteiger charge is 2.35. The Morgan fingerprint density at radius 3 is 2.74 bits per heavy atom. The van der Waals surface area contributed by atoms with E-state index in [4.69, 9.17) is 9.47 Å². The van der Waals surface area contributed by atoms with E-state index in [2.05, 4.69) is 17.0 Å². The van der Waals surface area contributed by atoms with Crippen LogP contribution in [0.3, 0.4) is 0 Å². The van der Waals surface area contributed by atoms with Gasteiger partial charge < -0.3 is 14.8 Å². The van der Waals surface area contributed by atoms with Crippen LogP contribution < -0.4 is 10.0 Å². The third kappa shape index (κ3) is 6.18. The average molecular weight is 294 g/mol. The van der Waals surface area contributed by atoms with Gasteiger partial charge in [-0.05, 0) is 25.9 Å². The standard InChI is InChI=1S/C12H26N2O4S/c1-3-6-13-7-4-9-19(15,16)14-10-12(17-2)5-8-18-11-12/h13-14H,3-11H2,1-2H3. The Labute approximate surface area is 116 Å². The third-order valence-electron chi connectivity index (χ3n) is 3.31. The van der Waals surface area contributed by atoms with Gasteiger partial charge in [0.2, 0.25) is 10.0 Å². The predicted octanol–water partition coefficient (Wildman–Crippen LogP) is 0.101. The number of methoxy groups -OCH3 is 1. The quantitative estimate of drug-likeness (QED) is 0.559. The second kappa shape index (κ2) is 8.16. The molecule has 0 radical (unpaired) electrons. The first-order valence-corrected chi connectivity index (χ1v) is 8.50. The monoisotopic (exact) mass is 294 g/mol. The van der Waals surface area contributed by atoms with E-state index >= 15 is 0 Å². The fraction of sp³-hybridized carbons (Fsp3) is 1.00. The largest absolute Gasteiger partial charge is 0.378 e. The zero-order chi connectivity index (χ0) is 14.2. The molecule has 6 nitrogen and oxygen atoms in total. The van der Waals surface area contributed by atoms with Crippen molar-refractivity contribution in [2.75, 3.05) is 45.7 Å². The predicted molar refractivity (Wildman–Crippen MR) is 74.7 cm³/mol. The van der Waals surface area contributed by atoms with E-state index in [9.17, 15) is 8.42 Å². The van der Waals surface area contributed by atoms with Gasteiger partial charge >= 0.3 is 0 Å². The molecule has 0 spiro atoms. The van der Waals surface area contributed by atoms with Gasteiger partial charge in [0.25, 0.3) is 0 Å². The fourth-order valence-electron chi connectivity index (χ4n) is 1.96. The van der Waals surface area contributed by atoms with Crippen molar-refractivity contribution in [1.29, 1.82) is 0 Å². The molecule has 0 aromatic carbocycles. The average Bonchev–Trinajstić information content (AvgIpc) is 2.86. The molecular weight excluding hydrogens is 268 g/mol. The van der Waals surface area contributed by atoms with Crippen LogP contribution >= 0.6 is 0 Å². The van der Waals surface area contributed by atoms with Crippen LogP contribution in [-0.2, 0) is 19.5 Å². The minimum atomic E-state index is -3.23. The van der Waals surface area contributed by atoms with Crippen molar-refractivity contribution in [3.8, 4) is 0 Å². The van der Waals surface area contributed by atoms with Crippen LogP contribution in [0, 0.1) is 0 Å². The van der Waals surface area contributed by atoms with Crippen LogP contribution in [0.25, 0.3) is 0 Å². The summed E-state index contributed by atoms with van der Waals surface area (Å²) in [6.07, 6.45) is 2.40. The van der Waals surface area contributed by atoms with E-state index in [0.717, 1.165) is 25.9 Å².